The second-order valence-electron chi connectivity index (χ2n) is 10.1. The molecule has 5 aromatic carbocycles. The molecule has 0 aliphatic carbocycles. The molecule has 8 aromatic rings. The number of fused-ring (bicyclic) bond motifs is 6. The first-order valence-electron chi connectivity index (χ1n) is 13.5. The third-order valence-corrected chi connectivity index (χ3v) is 7.62. The number of pyridine rings is 3. The number of aromatic nitrogens is 3. The molecule has 0 bridgehead atoms. The molecular weight excluding hydrogens is 486 g/mol. The molecule has 3 aromatic heterocycles. The Bertz CT molecular complexity index is 2150. The van der Waals surface area contributed by atoms with Gasteiger partial charge in [-0.05, 0) is 58.7 Å². The second-order valence-corrected chi connectivity index (χ2v) is 10.1. The standard InChI is InChI=1S/C37H23N3/c1-3-10-24(11-4-1)28-20-29(25-12-5-2-6-13-25)22-30(21-28)34-32-23-27-18-17-26-14-9-19-38-35(26)36(27)40-37(32)31-15-7-8-16-33(31)39-34/h1-23H. The summed E-state index contributed by atoms with van der Waals surface area (Å²) in [7, 11) is 0. The first-order chi connectivity index (χ1) is 19.8. The van der Waals surface area contributed by atoms with E-state index in [2.05, 4.69) is 126 Å². The SMILES string of the molecule is c1ccc(-c2cc(-c3ccccc3)cc(-c3nc4ccccc4c4nc5c(ccc6cccnc65)cc34)c2)cc1. The van der Waals surface area contributed by atoms with Gasteiger partial charge in [-0.2, -0.15) is 0 Å². The van der Waals surface area contributed by atoms with Gasteiger partial charge in [0.25, 0.3) is 0 Å². The van der Waals surface area contributed by atoms with Crippen molar-refractivity contribution in [2.24, 2.45) is 0 Å². The van der Waals surface area contributed by atoms with E-state index in [1.165, 1.54) is 11.1 Å². The topological polar surface area (TPSA) is 38.7 Å². The van der Waals surface area contributed by atoms with Gasteiger partial charge in [0.05, 0.1) is 27.8 Å². The number of nitrogens with zero attached hydrogens (tertiary/aromatic N) is 3. The molecule has 3 nitrogen and oxygen atoms in total. The van der Waals surface area contributed by atoms with Gasteiger partial charge in [0.15, 0.2) is 0 Å². The molecule has 0 saturated carbocycles. The Morgan fingerprint density at radius 2 is 1.02 bits per heavy atom. The van der Waals surface area contributed by atoms with E-state index in [1.54, 1.807) is 0 Å². The summed E-state index contributed by atoms with van der Waals surface area (Å²) in [4.78, 5) is 15.2. The molecule has 0 N–H and O–H groups in total. The van der Waals surface area contributed by atoms with Gasteiger partial charge in [-0.25, -0.2) is 9.97 Å². The molecule has 0 saturated heterocycles. The minimum Gasteiger partial charge on any atom is -0.254 e. The van der Waals surface area contributed by atoms with Crippen LogP contribution in [0.25, 0.3) is 77.1 Å². The van der Waals surface area contributed by atoms with Crippen LogP contribution in [0.4, 0.5) is 0 Å². The Kier molecular flexibility index (Phi) is 5.14. The van der Waals surface area contributed by atoms with E-state index < -0.39 is 0 Å². The van der Waals surface area contributed by atoms with Crippen molar-refractivity contribution in [1.29, 1.82) is 0 Å². The Morgan fingerprint density at radius 3 is 1.77 bits per heavy atom. The van der Waals surface area contributed by atoms with Crippen LogP contribution in [-0.4, -0.2) is 15.0 Å². The summed E-state index contributed by atoms with van der Waals surface area (Å²) in [6, 6.07) is 46.7. The Labute approximate surface area is 231 Å². The first kappa shape index (κ1) is 22.6. The van der Waals surface area contributed by atoms with Crippen molar-refractivity contribution in [2.75, 3.05) is 0 Å². The molecule has 3 heteroatoms. The minimum absolute atomic E-state index is 0.913. The molecule has 40 heavy (non-hydrogen) atoms. The zero-order chi connectivity index (χ0) is 26.5. The molecule has 0 fully saturated rings. The molecular formula is C37H23N3. The van der Waals surface area contributed by atoms with Crippen molar-refractivity contribution in [3.8, 4) is 33.5 Å². The monoisotopic (exact) mass is 509 g/mol. The van der Waals surface area contributed by atoms with E-state index in [-0.39, 0.29) is 0 Å². The fourth-order valence-electron chi connectivity index (χ4n) is 5.69. The normalized spacial score (nSPS) is 11.5. The van der Waals surface area contributed by atoms with Crippen molar-refractivity contribution in [3.63, 3.8) is 0 Å². The molecule has 0 spiro atoms. The third kappa shape index (κ3) is 3.71. The molecule has 3 heterocycles. The summed E-state index contributed by atoms with van der Waals surface area (Å²) in [5.41, 5.74) is 10.4. The maximum atomic E-state index is 5.28. The summed E-state index contributed by atoms with van der Waals surface area (Å²) < 4.78 is 0. The van der Waals surface area contributed by atoms with Crippen molar-refractivity contribution < 1.29 is 0 Å². The maximum Gasteiger partial charge on any atom is 0.0972 e. The lowest BCUT2D eigenvalue weighted by molar-refractivity contribution is 1.39. The largest absolute Gasteiger partial charge is 0.254 e. The van der Waals surface area contributed by atoms with Crippen LogP contribution in [0.1, 0.15) is 0 Å². The first-order valence-corrected chi connectivity index (χ1v) is 13.5. The lowest BCUT2D eigenvalue weighted by Crippen LogP contribution is -1.94. The summed E-state index contributed by atoms with van der Waals surface area (Å²) in [5.74, 6) is 0. The van der Waals surface area contributed by atoms with Gasteiger partial charge in [-0.3, -0.25) is 4.98 Å². The predicted molar refractivity (Wildman–Crippen MR) is 166 cm³/mol. The molecule has 8 rings (SSSR count). The molecule has 186 valence electrons. The number of hydrogen-bond acceptors (Lipinski definition) is 3. The molecule has 0 unspecified atom stereocenters. The summed E-state index contributed by atoms with van der Waals surface area (Å²) in [6.07, 6.45) is 1.84. The average molecular weight is 510 g/mol. The highest BCUT2D eigenvalue weighted by molar-refractivity contribution is 6.15. The molecule has 0 radical (unpaired) electrons. The Balaban J connectivity index is 1.48. The van der Waals surface area contributed by atoms with Crippen LogP contribution in [0.5, 0.6) is 0 Å². The Hall–Kier alpha value is -5.41. The van der Waals surface area contributed by atoms with Crippen LogP contribution in [0.2, 0.25) is 0 Å². The van der Waals surface area contributed by atoms with Crippen LogP contribution >= 0.6 is 0 Å². The third-order valence-electron chi connectivity index (χ3n) is 7.62. The van der Waals surface area contributed by atoms with E-state index in [9.17, 15) is 0 Å². The van der Waals surface area contributed by atoms with E-state index in [0.717, 1.165) is 66.0 Å². The number of hydrogen-bond donors (Lipinski definition) is 0. The lowest BCUT2D eigenvalue weighted by Gasteiger charge is -2.14. The zero-order valence-electron chi connectivity index (χ0n) is 21.6. The van der Waals surface area contributed by atoms with E-state index in [4.69, 9.17) is 9.97 Å². The molecule has 0 aliphatic heterocycles. The number of rotatable bonds is 3. The van der Waals surface area contributed by atoms with Gasteiger partial charge >= 0.3 is 0 Å². The van der Waals surface area contributed by atoms with Gasteiger partial charge in [0, 0.05) is 33.3 Å². The van der Waals surface area contributed by atoms with Gasteiger partial charge in [0.1, 0.15) is 0 Å². The molecule has 0 aliphatic rings. The summed E-state index contributed by atoms with van der Waals surface area (Å²) in [6.45, 7) is 0. The van der Waals surface area contributed by atoms with Crippen LogP contribution in [0.15, 0.2) is 140 Å². The Morgan fingerprint density at radius 1 is 0.375 bits per heavy atom. The van der Waals surface area contributed by atoms with Gasteiger partial charge < -0.3 is 0 Å². The van der Waals surface area contributed by atoms with Crippen molar-refractivity contribution in [3.05, 3.63) is 140 Å². The second kappa shape index (κ2) is 9.11. The summed E-state index contributed by atoms with van der Waals surface area (Å²) in [5, 5.41) is 4.22. The quantitative estimate of drug-likeness (QED) is 0.176. The van der Waals surface area contributed by atoms with Crippen molar-refractivity contribution in [2.45, 2.75) is 0 Å². The van der Waals surface area contributed by atoms with Crippen LogP contribution in [0, 0.1) is 0 Å². The minimum atomic E-state index is 0.913. The van der Waals surface area contributed by atoms with E-state index >= 15 is 0 Å². The lowest BCUT2D eigenvalue weighted by atomic mass is 9.93. The van der Waals surface area contributed by atoms with Gasteiger partial charge in [-0.1, -0.05) is 97.1 Å². The van der Waals surface area contributed by atoms with Crippen molar-refractivity contribution in [1.82, 2.24) is 15.0 Å². The predicted octanol–water partition coefficient (Wildman–Crippen LogP) is 9.49. The smallest absolute Gasteiger partial charge is 0.0972 e. The number of para-hydroxylation sites is 1. The van der Waals surface area contributed by atoms with Crippen LogP contribution < -0.4 is 0 Å². The summed E-state index contributed by atoms with van der Waals surface area (Å²) >= 11 is 0. The maximum absolute atomic E-state index is 5.28. The molecule has 0 amide bonds. The van der Waals surface area contributed by atoms with E-state index in [0.29, 0.717) is 0 Å². The van der Waals surface area contributed by atoms with E-state index in [1.807, 2.05) is 18.3 Å². The average Bonchev–Trinajstić information content (AvgIpc) is 3.04. The zero-order valence-corrected chi connectivity index (χ0v) is 21.6. The van der Waals surface area contributed by atoms with Gasteiger partial charge in [-0.15, -0.1) is 0 Å². The fourth-order valence-corrected chi connectivity index (χ4v) is 5.69. The fraction of sp³-hybridized carbons (Fsp3) is 0. The highest BCUT2D eigenvalue weighted by Gasteiger charge is 2.16. The van der Waals surface area contributed by atoms with Gasteiger partial charge in [0.2, 0.25) is 0 Å². The molecule has 0 atom stereocenters. The highest BCUT2D eigenvalue weighted by Crippen LogP contribution is 2.38. The number of benzene rings is 5. The van der Waals surface area contributed by atoms with Crippen LogP contribution in [0.3, 0.4) is 0 Å². The van der Waals surface area contributed by atoms with Crippen molar-refractivity contribution >= 4 is 43.6 Å². The highest BCUT2D eigenvalue weighted by atomic mass is 14.8. The van der Waals surface area contributed by atoms with Crippen LogP contribution in [-0.2, 0) is 0 Å².